The van der Waals surface area contributed by atoms with Crippen molar-refractivity contribution < 1.29 is 4.74 Å². The summed E-state index contributed by atoms with van der Waals surface area (Å²) < 4.78 is 5.82. The fraction of sp³-hybridized carbons (Fsp3) is 0.533. The van der Waals surface area contributed by atoms with Gasteiger partial charge in [0.05, 0.1) is 17.7 Å². The Kier molecular flexibility index (Phi) is 9.83. The van der Waals surface area contributed by atoms with Crippen LogP contribution < -0.4 is 4.74 Å². The van der Waals surface area contributed by atoms with Crippen molar-refractivity contribution in [3.63, 3.8) is 0 Å². The van der Waals surface area contributed by atoms with Crippen molar-refractivity contribution in [2.45, 2.75) is 90.4 Å². The van der Waals surface area contributed by atoms with Gasteiger partial charge in [0.15, 0.2) is 0 Å². The van der Waals surface area contributed by atoms with Crippen molar-refractivity contribution in [3.8, 4) is 29.0 Å². The molecular formula is C30H38N2O. The summed E-state index contributed by atoms with van der Waals surface area (Å²) in [6.07, 6.45) is 13.4. The van der Waals surface area contributed by atoms with Crippen LogP contribution >= 0.6 is 0 Å². The molecule has 0 atom stereocenters. The van der Waals surface area contributed by atoms with Gasteiger partial charge in [0.25, 0.3) is 0 Å². The Morgan fingerprint density at radius 2 is 1.45 bits per heavy atom. The van der Waals surface area contributed by atoms with E-state index in [4.69, 9.17) is 4.74 Å². The summed E-state index contributed by atoms with van der Waals surface area (Å²) >= 11 is 0. The summed E-state index contributed by atoms with van der Waals surface area (Å²) in [4.78, 5) is 0. The molecule has 0 radical (unpaired) electrons. The third kappa shape index (κ3) is 6.61. The van der Waals surface area contributed by atoms with Crippen LogP contribution in [-0.4, -0.2) is 6.61 Å². The predicted octanol–water partition coefficient (Wildman–Crippen LogP) is 8.52. The van der Waals surface area contributed by atoms with E-state index in [1.165, 1.54) is 51.4 Å². The first-order chi connectivity index (χ1) is 16.2. The molecule has 174 valence electrons. The smallest absolute Gasteiger partial charge is 0.119 e. The predicted molar refractivity (Wildman–Crippen MR) is 135 cm³/mol. The second kappa shape index (κ2) is 13.1. The average molecular weight is 443 g/mol. The first kappa shape index (κ1) is 24.9. The maximum atomic E-state index is 9.99. The molecule has 3 nitrogen and oxygen atoms in total. The van der Waals surface area contributed by atoms with Gasteiger partial charge in [-0.15, -0.1) is 0 Å². The molecule has 1 aliphatic rings. The summed E-state index contributed by atoms with van der Waals surface area (Å²) in [6.45, 7) is 5.17. The highest BCUT2D eigenvalue weighted by molar-refractivity contribution is 5.75. The lowest BCUT2D eigenvalue weighted by molar-refractivity contribution is 0.302. The van der Waals surface area contributed by atoms with Gasteiger partial charge in [-0.05, 0) is 67.2 Å². The van der Waals surface area contributed by atoms with E-state index in [0.29, 0.717) is 17.0 Å². The highest BCUT2D eigenvalue weighted by atomic mass is 16.5. The van der Waals surface area contributed by atoms with E-state index in [1.807, 2.05) is 30.3 Å². The Hall–Kier alpha value is -2.78. The molecule has 0 N–H and O–H groups in total. The van der Waals surface area contributed by atoms with Gasteiger partial charge in [-0.3, -0.25) is 0 Å². The molecule has 33 heavy (non-hydrogen) atoms. The van der Waals surface area contributed by atoms with Gasteiger partial charge in [0, 0.05) is 5.56 Å². The first-order valence-electron chi connectivity index (χ1n) is 12.9. The van der Waals surface area contributed by atoms with Crippen LogP contribution in [0, 0.1) is 28.6 Å². The highest BCUT2D eigenvalue weighted by Gasteiger charge is 2.26. The van der Waals surface area contributed by atoms with Crippen LogP contribution in [-0.2, 0) is 0 Å². The van der Waals surface area contributed by atoms with Crippen molar-refractivity contribution in [1.82, 2.24) is 0 Å². The zero-order valence-corrected chi connectivity index (χ0v) is 20.4. The molecule has 0 aliphatic heterocycles. The van der Waals surface area contributed by atoms with Crippen molar-refractivity contribution in [2.24, 2.45) is 5.92 Å². The van der Waals surface area contributed by atoms with Crippen molar-refractivity contribution in [2.75, 3.05) is 6.61 Å². The molecule has 2 aromatic rings. The number of hydrogen-bond acceptors (Lipinski definition) is 3. The van der Waals surface area contributed by atoms with Gasteiger partial charge in [-0.2, -0.15) is 10.5 Å². The van der Waals surface area contributed by atoms with E-state index >= 15 is 0 Å². The van der Waals surface area contributed by atoms with Crippen LogP contribution in [0.1, 0.15) is 107 Å². The monoisotopic (exact) mass is 442 g/mol. The molecule has 1 aliphatic carbocycles. The minimum Gasteiger partial charge on any atom is -0.494 e. The molecule has 3 rings (SSSR count). The average Bonchev–Trinajstić information content (AvgIpc) is 2.86. The lowest BCUT2D eigenvalue weighted by atomic mass is 9.75. The lowest BCUT2D eigenvalue weighted by Crippen LogP contribution is -2.15. The first-order valence-corrected chi connectivity index (χ1v) is 12.9. The van der Waals surface area contributed by atoms with E-state index < -0.39 is 0 Å². The van der Waals surface area contributed by atoms with Gasteiger partial charge in [-0.25, -0.2) is 0 Å². The number of hydrogen-bond donors (Lipinski definition) is 0. The normalized spacial score (nSPS) is 17.8. The van der Waals surface area contributed by atoms with Crippen LogP contribution in [0.5, 0.6) is 5.75 Å². The van der Waals surface area contributed by atoms with E-state index in [1.54, 1.807) is 0 Å². The fourth-order valence-corrected chi connectivity index (χ4v) is 5.15. The largest absolute Gasteiger partial charge is 0.494 e. The van der Waals surface area contributed by atoms with Crippen molar-refractivity contribution >= 4 is 0 Å². The molecule has 0 spiro atoms. The third-order valence-corrected chi connectivity index (χ3v) is 7.15. The number of ether oxygens (including phenoxy) is 1. The van der Waals surface area contributed by atoms with Crippen LogP contribution in [0.25, 0.3) is 11.1 Å². The molecule has 2 aromatic carbocycles. The number of benzene rings is 2. The molecule has 1 saturated carbocycles. The summed E-state index contributed by atoms with van der Waals surface area (Å²) in [5.41, 5.74) is 3.94. The summed E-state index contributed by atoms with van der Waals surface area (Å²) in [6, 6.07) is 16.8. The summed E-state index contributed by atoms with van der Waals surface area (Å²) in [5, 5.41) is 20.0. The molecule has 0 unspecified atom stereocenters. The van der Waals surface area contributed by atoms with Crippen LogP contribution in [0.4, 0.5) is 0 Å². The van der Waals surface area contributed by atoms with Gasteiger partial charge < -0.3 is 4.74 Å². The lowest BCUT2D eigenvalue weighted by Gasteiger charge is -2.29. The van der Waals surface area contributed by atoms with Gasteiger partial charge >= 0.3 is 0 Å². The van der Waals surface area contributed by atoms with Crippen LogP contribution in [0.2, 0.25) is 0 Å². The standard InChI is InChI=1S/C30H38N2O/c1-3-5-7-9-23-10-12-24(13-11-23)27-18-19-28(30(22-32)29(27)21-31)25-14-16-26(17-15-25)33-20-8-6-4-2/h14-19,23-24H,3-13,20H2,1-2H3/t23-,24-. The number of rotatable bonds is 11. The zero-order chi connectivity index (χ0) is 23.5. The van der Waals surface area contributed by atoms with Gasteiger partial charge in [0.2, 0.25) is 0 Å². The second-order valence-corrected chi connectivity index (χ2v) is 9.47. The molecule has 3 heteroatoms. The van der Waals surface area contributed by atoms with Crippen molar-refractivity contribution in [1.29, 1.82) is 10.5 Å². The Morgan fingerprint density at radius 1 is 0.788 bits per heavy atom. The van der Waals surface area contributed by atoms with Crippen LogP contribution in [0.3, 0.4) is 0 Å². The van der Waals surface area contributed by atoms with Crippen LogP contribution in [0.15, 0.2) is 36.4 Å². The zero-order valence-electron chi connectivity index (χ0n) is 20.4. The third-order valence-electron chi connectivity index (χ3n) is 7.15. The molecule has 0 bridgehead atoms. The minimum absolute atomic E-state index is 0.391. The number of nitriles is 2. The number of nitrogens with zero attached hydrogens (tertiary/aromatic N) is 2. The molecule has 0 aromatic heterocycles. The van der Waals surface area contributed by atoms with Crippen molar-refractivity contribution in [3.05, 3.63) is 53.1 Å². The summed E-state index contributed by atoms with van der Waals surface area (Å²) in [7, 11) is 0. The molecule has 0 heterocycles. The quantitative estimate of drug-likeness (QED) is 0.328. The van der Waals surface area contributed by atoms with E-state index in [0.717, 1.165) is 54.2 Å². The number of unbranched alkanes of at least 4 members (excludes halogenated alkanes) is 4. The SMILES string of the molecule is CCCCCOc1ccc(-c2ccc([C@H]3CC[C@H](CCCCC)CC3)c(C#N)c2C#N)cc1. The Morgan fingerprint density at radius 3 is 2.09 bits per heavy atom. The van der Waals surface area contributed by atoms with E-state index in [2.05, 4.69) is 32.1 Å². The van der Waals surface area contributed by atoms with E-state index in [-0.39, 0.29) is 0 Å². The molecule has 0 saturated heterocycles. The highest BCUT2D eigenvalue weighted by Crippen LogP contribution is 2.41. The molecule has 1 fully saturated rings. The Bertz CT molecular complexity index is 957. The second-order valence-electron chi connectivity index (χ2n) is 9.47. The Labute approximate surface area is 200 Å². The topological polar surface area (TPSA) is 56.8 Å². The Balaban J connectivity index is 1.73. The molecule has 0 amide bonds. The molecular weight excluding hydrogens is 404 g/mol. The van der Waals surface area contributed by atoms with Gasteiger partial charge in [-0.1, -0.05) is 76.6 Å². The maximum absolute atomic E-state index is 9.99. The fourth-order valence-electron chi connectivity index (χ4n) is 5.15. The summed E-state index contributed by atoms with van der Waals surface area (Å²) in [5.74, 6) is 2.07. The van der Waals surface area contributed by atoms with Gasteiger partial charge in [0.1, 0.15) is 17.9 Å². The maximum Gasteiger partial charge on any atom is 0.119 e. The van der Waals surface area contributed by atoms with E-state index in [9.17, 15) is 10.5 Å². The minimum atomic E-state index is 0.391.